The quantitative estimate of drug-likeness (QED) is 0.636. The summed E-state index contributed by atoms with van der Waals surface area (Å²) in [5.41, 5.74) is -0.500. The number of nitro groups is 1. The molecular formula is C13H14N2O7. The van der Waals surface area contributed by atoms with E-state index >= 15 is 0 Å². The predicted molar refractivity (Wildman–Crippen MR) is 72.9 cm³/mol. The number of morpholine rings is 1. The average molecular weight is 310 g/mol. The number of methoxy groups -OCH3 is 1. The molecule has 9 heteroatoms. The molecule has 1 aliphatic heterocycles. The monoisotopic (exact) mass is 310 g/mol. The van der Waals surface area contributed by atoms with Crippen molar-refractivity contribution < 1.29 is 29.1 Å². The standard InChI is InChI=1S/C13H14N2O7/c1-21-8-2-3-10(15(19)20)9(6-8)12(16)14-4-5-22-11(7-14)13(17)18/h2-3,6,11H,4-5,7H2,1H3,(H,17,18). The second-order valence-electron chi connectivity index (χ2n) is 4.59. The van der Waals surface area contributed by atoms with Crippen molar-refractivity contribution >= 4 is 17.6 Å². The zero-order valence-corrected chi connectivity index (χ0v) is 11.7. The van der Waals surface area contributed by atoms with Gasteiger partial charge in [-0.2, -0.15) is 0 Å². The molecule has 1 fully saturated rings. The molecule has 1 amide bonds. The summed E-state index contributed by atoms with van der Waals surface area (Å²) in [4.78, 5) is 35.0. The molecule has 118 valence electrons. The van der Waals surface area contributed by atoms with Crippen molar-refractivity contribution in [2.75, 3.05) is 26.8 Å². The van der Waals surface area contributed by atoms with Crippen molar-refractivity contribution in [3.8, 4) is 5.75 Å². The number of carbonyl (C=O) groups is 2. The van der Waals surface area contributed by atoms with E-state index in [0.29, 0.717) is 5.75 Å². The fraction of sp³-hybridized carbons (Fsp3) is 0.385. The minimum Gasteiger partial charge on any atom is -0.497 e. The average Bonchev–Trinajstić information content (AvgIpc) is 2.53. The normalized spacial score (nSPS) is 17.9. The molecule has 0 spiro atoms. The Kier molecular flexibility index (Phi) is 4.56. The van der Waals surface area contributed by atoms with Crippen molar-refractivity contribution in [1.29, 1.82) is 0 Å². The maximum absolute atomic E-state index is 12.5. The fourth-order valence-electron chi connectivity index (χ4n) is 2.13. The van der Waals surface area contributed by atoms with Crippen LogP contribution in [0.1, 0.15) is 10.4 Å². The van der Waals surface area contributed by atoms with E-state index < -0.39 is 22.9 Å². The second-order valence-corrected chi connectivity index (χ2v) is 4.59. The SMILES string of the molecule is COc1ccc([N+](=O)[O-])c(C(=O)N2CCOC(C(=O)O)C2)c1. The molecule has 0 aromatic heterocycles. The Bertz CT molecular complexity index is 616. The third-order valence-electron chi connectivity index (χ3n) is 3.26. The lowest BCUT2D eigenvalue weighted by atomic mass is 10.1. The van der Waals surface area contributed by atoms with E-state index in [1.165, 1.54) is 30.2 Å². The van der Waals surface area contributed by atoms with Gasteiger partial charge in [-0.15, -0.1) is 0 Å². The van der Waals surface area contributed by atoms with Crippen molar-refractivity contribution in [3.63, 3.8) is 0 Å². The van der Waals surface area contributed by atoms with E-state index in [0.717, 1.165) is 0 Å². The summed E-state index contributed by atoms with van der Waals surface area (Å²) < 4.78 is 10.0. The number of carbonyl (C=O) groups excluding carboxylic acids is 1. The zero-order chi connectivity index (χ0) is 16.3. The van der Waals surface area contributed by atoms with E-state index in [1.54, 1.807) is 0 Å². The number of nitro benzene ring substituents is 1. The van der Waals surface area contributed by atoms with Crippen molar-refractivity contribution in [3.05, 3.63) is 33.9 Å². The van der Waals surface area contributed by atoms with Gasteiger partial charge in [0.2, 0.25) is 0 Å². The van der Waals surface area contributed by atoms with Gasteiger partial charge in [-0.25, -0.2) is 4.79 Å². The summed E-state index contributed by atoms with van der Waals surface area (Å²) in [6.45, 7) is 0.0555. The largest absolute Gasteiger partial charge is 0.497 e. The van der Waals surface area contributed by atoms with Gasteiger partial charge in [0.15, 0.2) is 6.10 Å². The van der Waals surface area contributed by atoms with Crippen LogP contribution in [0.25, 0.3) is 0 Å². The predicted octanol–water partition coefficient (Wildman–Crippen LogP) is 0.529. The maximum Gasteiger partial charge on any atom is 0.334 e. The van der Waals surface area contributed by atoms with Gasteiger partial charge < -0.3 is 19.5 Å². The lowest BCUT2D eigenvalue weighted by molar-refractivity contribution is -0.385. The van der Waals surface area contributed by atoms with Crippen LogP contribution in [0, 0.1) is 10.1 Å². The molecule has 0 bridgehead atoms. The minimum atomic E-state index is -1.18. The van der Waals surface area contributed by atoms with Crippen molar-refractivity contribution in [1.82, 2.24) is 4.90 Å². The van der Waals surface area contributed by atoms with Gasteiger partial charge in [0.1, 0.15) is 11.3 Å². The number of rotatable bonds is 4. The van der Waals surface area contributed by atoms with Gasteiger partial charge in [0.25, 0.3) is 11.6 Å². The number of carboxylic acid groups (broad SMARTS) is 1. The van der Waals surface area contributed by atoms with Gasteiger partial charge >= 0.3 is 5.97 Å². The number of nitrogens with zero attached hydrogens (tertiary/aromatic N) is 2. The van der Waals surface area contributed by atoms with Crippen LogP contribution in [0.15, 0.2) is 18.2 Å². The van der Waals surface area contributed by atoms with Crippen LogP contribution < -0.4 is 4.74 Å². The van der Waals surface area contributed by atoms with E-state index in [4.69, 9.17) is 14.6 Å². The Morgan fingerprint density at radius 3 is 2.82 bits per heavy atom. The summed E-state index contributed by atoms with van der Waals surface area (Å²) in [7, 11) is 1.38. The van der Waals surface area contributed by atoms with Gasteiger partial charge in [-0.1, -0.05) is 0 Å². The van der Waals surface area contributed by atoms with E-state index in [9.17, 15) is 19.7 Å². The number of aliphatic carboxylic acids is 1. The molecule has 1 aromatic rings. The first-order chi connectivity index (χ1) is 10.4. The molecule has 0 aliphatic carbocycles. The molecule has 1 aromatic carbocycles. The van der Waals surface area contributed by atoms with Crippen LogP contribution in [0.3, 0.4) is 0 Å². The molecule has 2 rings (SSSR count). The van der Waals surface area contributed by atoms with E-state index in [-0.39, 0.29) is 30.9 Å². The number of ether oxygens (including phenoxy) is 2. The molecule has 0 radical (unpaired) electrons. The summed E-state index contributed by atoms with van der Waals surface area (Å²) in [6, 6.07) is 3.83. The van der Waals surface area contributed by atoms with Gasteiger partial charge in [0, 0.05) is 12.6 Å². The van der Waals surface area contributed by atoms with Crippen molar-refractivity contribution in [2.24, 2.45) is 0 Å². The third kappa shape index (κ3) is 3.14. The molecule has 9 nitrogen and oxygen atoms in total. The first-order valence-corrected chi connectivity index (χ1v) is 6.40. The summed E-state index contributed by atoms with van der Waals surface area (Å²) in [6.07, 6.45) is -1.14. The van der Waals surface area contributed by atoms with Crippen LogP contribution in [0.2, 0.25) is 0 Å². The number of benzene rings is 1. The smallest absolute Gasteiger partial charge is 0.334 e. The van der Waals surface area contributed by atoms with Gasteiger partial charge in [-0.3, -0.25) is 14.9 Å². The first kappa shape index (κ1) is 15.7. The van der Waals surface area contributed by atoms with Crippen LogP contribution >= 0.6 is 0 Å². The number of hydrogen-bond acceptors (Lipinski definition) is 6. The Balaban J connectivity index is 2.31. The summed E-state index contributed by atoms with van der Waals surface area (Å²) >= 11 is 0. The lowest BCUT2D eigenvalue weighted by Gasteiger charge is -2.30. The Labute approximate surface area is 125 Å². The highest BCUT2D eigenvalue weighted by molar-refractivity contribution is 5.99. The van der Waals surface area contributed by atoms with Crippen LogP contribution in [0.5, 0.6) is 5.75 Å². The number of hydrogen-bond donors (Lipinski definition) is 1. The van der Waals surface area contributed by atoms with Gasteiger partial charge in [-0.05, 0) is 12.1 Å². The highest BCUT2D eigenvalue weighted by atomic mass is 16.6. The second kappa shape index (κ2) is 6.39. The molecule has 22 heavy (non-hydrogen) atoms. The minimum absolute atomic E-state index is 0.0560. The number of amides is 1. The molecule has 1 atom stereocenters. The molecule has 1 saturated heterocycles. The molecule has 0 saturated carbocycles. The summed E-state index contributed by atoms with van der Waals surface area (Å²) in [5, 5.41) is 20.0. The van der Waals surface area contributed by atoms with Crippen LogP contribution in [-0.2, 0) is 9.53 Å². The Hall–Kier alpha value is -2.68. The zero-order valence-electron chi connectivity index (χ0n) is 11.7. The van der Waals surface area contributed by atoms with Crippen LogP contribution in [0.4, 0.5) is 5.69 Å². The van der Waals surface area contributed by atoms with E-state index in [2.05, 4.69) is 0 Å². The highest BCUT2D eigenvalue weighted by Crippen LogP contribution is 2.26. The van der Waals surface area contributed by atoms with Crippen molar-refractivity contribution in [2.45, 2.75) is 6.10 Å². The van der Waals surface area contributed by atoms with Gasteiger partial charge in [0.05, 0.1) is 25.2 Å². The molecule has 1 heterocycles. The first-order valence-electron chi connectivity index (χ1n) is 6.40. The molecule has 1 aliphatic rings. The number of carboxylic acids is 1. The molecule has 1 N–H and O–H groups in total. The van der Waals surface area contributed by atoms with E-state index in [1.807, 2.05) is 0 Å². The fourth-order valence-corrected chi connectivity index (χ4v) is 2.13. The topological polar surface area (TPSA) is 119 Å². The highest BCUT2D eigenvalue weighted by Gasteiger charge is 2.32. The molecule has 1 unspecified atom stereocenters. The molecular weight excluding hydrogens is 296 g/mol. The maximum atomic E-state index is 12.5. The lowest BCUT2D eigenvalue weighted by Crippen LogP contribution is -2.48. The summed E-state index contributed by atoms with van der Waals surface area (Å²) in [5.74, 6) is -1.50. The Morgan fingerprint density at radius 1 is 1.50 bits per heavy atom. The Morgan fingerprint density at radius 2 is 2.23 bits per heavy atom. The van der Waals surface area contributed by atoms with Crippen LogP contribution in [-0.4, -0.2) is 59.7 Å². The third-order valence-corrected chi connectivity index (χ3v) is 3.26.